The van der Waals surface area contributed by atoms with E-state index in [-0.39, 0.29) is 0 Å². The molecule has 2 aromatic rings. The average Bonchev–Trinajstić information content (AvgIpc) is 2.51. The van der Waals surface area contributed by atoms with Crippen LogP contribution in [0.25, 0.3) is 11.1 Å². The van der Waals surface area contributed by atoms with E-state index < -0.39 is 11.7 Å². The van der Waals surface area contributed by atoms with Crippen molar-refractivity contribution in [3.05, 3.63) is 53.6 Å². The van der Waals surface area contributed by atoms with Gasteiger partial charge < -0.3 is 4.74 Å². The lowest BCUT2D eigenvalue weighted by molar-refractivity contribution is -0.137. The predicted octanol–water partition coefficient (Wildman–Crippen LogP) is 5.72. The van der Waals surface area contributed by atoms with E-state index in [1.54, 1.807) is 7.11 Å². The number of methoxy groups -OCH3 is 1. The minimum atomic E-state index is -4.32. The maximum atomic E-state index is 12.7. The SMILES string of the molecule is CCCCc1cccc(OC)c1-c1ccc(C(F)(F)F)cc1. The summed E-state index contributed by atoms with van der Waals surface area (Å²) in [7, 11) is 1.58. The van der Waals surface area contributed by atoms with E-state index in [0.717, 1.165) is 48.1 Å². The minimum absolute atomic E-state index is 0.638. The first-order valence-electron chi connectivity index (χ1n) is 7.31. The Hall–Kier alpha value is -1.97. The lowest BCUT2D eigenvalue weighted by Gasteiger charge is -2.15. The van der Waals surface area contributed by atoms with E-state index in [4.69, 9.17) is 4.74 Å². The largest absolute Gasteiger partial charge is 0.496 e. The van der Waals surface area contributed by atoms with Gasteiger partial charge in [0.1, 0.15) is 5.75 Å². The molecule has 22 heavy (non-hydrogen) atoms. The van der Waals surface area contributed by atoms with Gasteiger partial charge in [-0.05, 0) is 42.2 Å². The second-order valence-corrected chi connectivity index (χ2v) is 5.17. The van der Waals surface area contributed by atoms with Crippen LogP contribution in [0.15, 0.2) is 42.5 Å². The molecule has 0 saturated carbocycles. The molecular weight excluding hydrogens is 289 g/mol. The van der Waals surface area contributed by atoms with Crippen LogP contribution < -0.4 is 4.74 Å². The van der Waals surface area contributed by atoms with Gasteiger partial charge in [-0.1, -0.05) is 37.6 Å². The van der Waals surface area contributed by atoms with E-state index in [1.165, 1.54) is 12.1 Å². The molecule has 0 aliphatic rings. The van der Waals surface area contributed by atoms with Crippen molar-refractivity contribution in [3.8, 4) is 16.9 Å². The van der Waals surface area contributed by atoms with Crippen molar-refractivity contribution in [2.45, 2.75) is 32.4 Å². The van der Waals surface area contributed by atoms with Crippen molar-refractivity contribution in [2.24, 2.45) is 0 Å². The Morgan fingerprint density at radius 2 is 1.68 bits per heavy atom. The normalized spacial score (nSPS) is 11.5. The second kappa shape index (κ2) is 6.86. The quantitative estimate of drug-likeness (QED) is 0.686. The van der Waals surface area contributed by atoms with E-state index in [0.29, 0.717) is 5.75 Å². The summed E-state index contributed by atoms with van der Waals surface area (Å²) in [5.74, 6) is 0.688. The van der Waals surface area contributed by atoms with Crippen molar-refractivity contribution in [2.75, 3.05) is 7.11 Å². The van der Waals surface area contributed by atoms with Crippen LogP contribution in [-0.2, 0) is 12.6 Å². The fraction of sp³-hybridized carbons (Fsp3) is 0.333. The van der Waals surface area contributed by atoms with Crippen LogP contribution in [0.3, 0.4) is 0 Å². The van der Waals surface area contributed by atoms with E-state index in [9.17, 15) is 13.2 Å². The lowest BCUT2D eigenvalue weighted by Crippen LogP contribution is -2.04. The van der Waals surface area contributed by atoms with Gasteiger partial charge in [0.05, 0.1) is 12.7 Å². The number of alkyl halides is 3. The number of benzene rings is 2. The number of hydrogen-bond acceptors (Lipinski definition) is 1. The predicted molar refractivity (Wildman–Crippen MR) is 82.0 cm³/mol. The third-order valence-corrected chi connectivity index (χ3v) is 3.63. The summed E-state index contributed by atoms with van der Waals surface area (Å²) in [6.07, 6.45) is -1.35. The Kier molecular flexibility index (Phi) is 5.11. The third kappa shape index (κ3) is 3.62. The molecule has 0 atom stereocenters. The molecule has 0 N–H and O–H groups in total. The number of rotatable bonds is 5. The molecule has 1 nitrogen and oxygen atoms in total. The lowest BCUT2D eigenvalue weighted by atomic mass is 9.94. The Labute approximate surface area is 128 Å². The van der Waals surface area contributed by atoms with Gasteiger partial charge in [0.25, 0.3) is 0 Å². The molecule has 0 amide bonds. The van der Waals surface area contributed by atoms with Crippen LogP contribution >= 0.6 is 0 Å². The fourth-order valence-corrected chi connectivity index (χ4v) is 2.48. The number of unbranched alkanes of at least 4 members (excludes halogenated alkanes) is 1. The molecule has 0 unspecified atom stereocenters. The molecule has 0 aromatic heterocycles. The Bertz CT molecular complexity index is 615. The van der Waals surface area contributed by atoms with Crippen LogP contribution in [0, 0.1) is 0 Å². The van der Waals surface area contributed by atoms with Crippen molar-refractivity contribution >= 4 is 0 Å². The summed E-state index contributed by atoms with van der Waals surface area (Å²) in [5, 5.41) is 0. The first kappa shape index (κ1) is 16.4. The van der Waals surface area contributed by atoms with Crippen LogP contribution in [0.1, 0.15) is 30.9 Å². The Morgan fingerprint density at radius 3 is 2.23 bits per heavy atom. The molecule has 0 fully saturated rings. The maximum Gasteiger partial charge on any atom is 0.416 e. The van der Waals surface area contributed by atoms with Crippen molar-refractivity contribution < 1.29 is 17.9 Å². The van der Waals surface area contributed by atoms with Crippen LogP contribution in [0.4, 0.5) is 13.2 Å². The number of ether oxygens (including phenoxy) is 1. The van der Waals surface area contributed by atoms with E-state index in [1.807, 2.05) is 18.2 Å². The van der Waals surface area contributed by atoms with Gasteiger partial charge in [-0.3, -0.25) is 0 Å². The molecule has 0 bridgehead atoms. The molecular formula is C18H19F3O. The van der Waals surface area contributed by atoms with Crippen molar-refractivity contribution in [1.82, 2.24) is 0 Å². The standard InChI is InChI=1S/C18H19F3O/c1-3-4-6-13-7-5-8-16(22-2)17(13)14-9-11-15(12-10-14)18(19,20)21/h5,7-12H,3-4,6H2,1-2H3. The summed E-state index contributed by atoms with van der Waals surface area (Å²) in [6.45, 7) is 2.11. The van der Waals surface area contributed by atoms with Gasteiger partial charge in [0.15, 0.2) is 0 Å². The van der Waals surface area contributed by atoms with Gasteiger partial charge in [-0.15, -0.1) is 0 Å². The number of hydrogen-bond donors (Lipinski definition) is 0. The second-order valence-electron chi connectivity index (χ2n) is 5.17. The third-order valence-electron chi connectivity index (χ3n) is 3.63. The smallest absolute Gasteiger partial charge is 0.416 e. The summed E-state index contributed by atoms with van der Waals surface area (Å²) in [6, 6.07) is 11.0. The zero-order chi connectivity index (χ0) is 16.2. The zero-order valence-corrected chi connectivity index (χ0v) is 12.7. The summed E-state index contributed by atoms with van der Waals surface area (Å²) in [4.78, 5) is 0. The molecule has 0 spiro atoms. The van der Waals surface area contributed by atoms with Gasteiger partial charge in [-0.2, -0.15) is 13.2 Å². The average molecular weight is 308 g/mol. The first-order chi connectivity index (χ1) is 10.5. The van der Waals surface area contributed by atoms with Crippen molar-refractivity contribution in [1.29, 1.82) is 0 Å². The molecule has 0 heterocycles. The monoisotopic (exact) mass is 308 g/mol. The van der Waals surface area contributed by atoms with Crippen molar-refractivity contribution in [3.63, 3.8) is 0 Å². The fourth-order valence-electron chi connectivity index (χ4n) is 2.48. The van der Waals surface area contributed by atoms with Gasteiger partial charge >= 0.3 is 6.18 Å². The molecule has 2 rings (SSSR count). The highest BCUT2D eigenvalue weighted by atomic mass is 19.4. The van der Waals surface area contributed by atoms with Gasteiger partial charge in [0.2, 0.25) is 0 Å². The highest BCUT2D eigenvalue weighted by molar-refractivity contribution is 5.74. The van der Waals surface area contributed by atoms with Gasteiger partial charge in [-0.25, -0.2) is 0 Å². The molecule has 4 heteroatoms. The highest BCUT2D eigenvalue weighted by Gasteiger charge is 2.30. The molecule has 0 saturated heterocycles. The first-order valence-corrected chi connectivity index (χ1v) is 7.31. The Morgan fingerprint density at radius 1 is 1.00 bits per heavy atom. The highest BCUT2D eigenvalue weighted by Crippen LogP contribution is 2.36. The molecule has 0 radical (unpaired) electrons. The molecule has 0 aliphatic heterocycles. The molecule has 2 aromatic carbocycles. The van der Waals surface area contributed by atoms with Crippen LogP contribution in [0.2, 0.25) is 0 Å². The number of aryl methyl sites for hydroxylation is 1. The topological polar surface area (TPSA) is 9.23 Å². The molecule has 118 valence electrons. The summed E-state index contributed by atoms with van der Waals surface area (Å²) in [5.41, 5.74) is 2.09. The van der Waals surface area contributed by atoms with Crippen LogP contribution in [0.5, 0.6) is 5.75 Å². The summed E-state index contributed by atoms with van der Waals surface area (Å²) >= 11 is 0. The Balaban J connectivity index is 2.46. The van der Waals surface area contributed by atoms with E-state index in [2.05, 4.69) is 6.92 Å². The van der Waals surface area contributed by atoms with Gasteiger partial charge in [0, 0.05) is 5.56 Å². The van der Waals surface area contributed by atoms with E-state index >= 15 is 0 Å². The number of halogens is 3. The zero-order valence-electron chi connectivity index (χ0n) is 12.7. The minimum Gasteiger partial charge on any atom is -0.496 e. The van der Waals surface area contributed by atoms with Crippen LogP contribution in [-0.4, -0.2) is 7.11 Å². The summed E-state index contributed by atoms with van der Waals surface area (Å²) < 4.78 is 43.5. The molecule has 0 aliphatic carbocycles. The maximum absolute atomic E-state index is 12.7.